The van der Waals surface area contributed by atoms with Crippen molar-refractivity contribution in [1.29, 1.82) is 0 Å². The molecule has 104 valence electrons. The Morgan fingerprint density at radius 1 is 1.05 bits per heavy atom. The van der Waals surface area contributed by atoms with Gasteiger partial charge in [0.15, 0.2) is 0 Å². The number of rotatable bonds is 2. The summed E-state index contributed by atoms with van der Waals surface area (Å²) >= 11 is 1.44. The number of amidine groups is 1. The average molecular weight is 295 g/mol. The van der Waals surface area contributed by atoms with Gasteiger partial charge in [-0.25, -0.2) is 4.99 Å². The van der Waals surface area contributed by atoms with E-state index < -0.39 is 0 Å². The highest BCUT2D eigenvalue weighted by Gasteiger charge is 2.07. The molecule has 0 radical (unpaired) electrons. The molecule has 0 aromatic heterocycles. The molecule has 0 saturated carbocycles. The number of nitrogens with one attached hydrogen (secondary N) is 1. The molecule has 2 aromatic carbocycles. The number of thioether (sulfide) groups is 1. The van der Waals surface area contributed by atoms with Crippen molar-refractivity contribution in [1.82, 2.24) is 5.43 Å². The number of phenolic OH excluding ortho intramolecular Hbond substituents is 1. The topological polar surface area (TPSA) is 57.0 Å². The molecule has 0 bridgehead atoms. The third kappa shape index (κ3) is 3.32. The minimum absolute atomic E-state index is 0.205. The Hall–Kier alpha value is -2.53. The summed E-state index contributed by atoms with van der Waals surface area (Å²) in [5, 5.41) is 16.4. The molecule has 5 heteroatoms. The highest BCUT2D eigenvalue weighted by atomic mass is 32.2. The first kappa shape index (κ1) is 13.5. The van der Waals surface area contributed by atoms with Crippen LogP contribution in [0.2, 0.25) is 0 Å². The van der Waals surface area contributed by atoms with Crippen LogP contribution in [0.5, 0.6) is 5.75 Å². The summed E-state index contributed by atoms with van der Waals surface area (Å²) in [7, 11) is 0. The van der Waals surface area contributed by atoms with Crippen LogP contribution in [0.1, 0.15) is 11.1 Å². The Kier molecular flexibility index (Phi) is 4.02. The van der Waals surface area contributed by atoms with E-state index in [1.54, 1.807) is 24.4 Å². The van der Waals surface area contributed by atoms with E-state index in [0.717, 1.165) is 11.3 Å². The molecule has 21 heavy (non-hydrogen) atoms. The summed E-state index contributed by atoms with van der Waals surface area (Å²) in [5.41, 5.74) is 5.68. The van der Waals surface area contributed by atoms with Crippen LogP contribution in [0.15, 0.2) is 70.1 Å². The Labute approximate surface area is 126 Å². The van der Waals surface area contributed by atoms with Crippen LogP contribution >= 0.6 is 11.8 Å². The lowest BCUT2D eigenvalue weighted by atomic mass is 10.2. The zero-order valence-electron chi connectivity index (χ0n) is 11.1. The van der Waals surface area contributed by atoms with Crippen molar-refractivity contribution >= 4 is 28.8 Å². The lowest BCUT2D eigenvalue weighted by Gasteiger charge is -2.11. The lowest BCUT2D eigenvalue weighted by molar-refractivity contribution is 0.474. The van der Waals surface area contributed by atoms with Crippen LogP contribution in [0, 0.1) is 0 Å². The molecular weight excluding hydrogens is 282 g/mol. The summed E-state index contributed by atoms with van der Waals surface area (Å²) in [5.74, 6) is 0.205. The number of nitrogens with zero attached hydrogens (tertiary/aromatic N) is 2. The maximum Gasteiger partial charge on any atom is 0.210 e. The van der Waals surface area contributed by atoms with Gasteiger partial charge in [-0.3, -0.25) is 5.43 Å². The summed E-state index contributed by atoms with van der Waals surface area (Å²) in [4.78, 5) is 4.26. The molecule has 2 N–H and O–H groups in total. The van der Waals surface area contributed by atoms with E-state index in [9.17, 15) is 5.11 Å². The van der Waals surface area contributed by atoms with Crippen molar-refractivity contribution in [2.24, 2.45) is 10.1 Å². The number of para-hydroxylation sites is 1. The second-order valence-corrected chi connectivity index (χ2v) is 5.18. The normalized spacial score (nSPS) is 14.5. The summed E-state index contributed by atoms with van der Waals surface area (Å²) in [6.45, 7) is 0. The molecule has 0 amide bonds. The van der Waals surface area contributed by atoms with Crippen molar-refractivity contribution in [3.63, 3.8) is 0 Å². The fourth-order valence-corrected chi connectivity index (χ4v) is 2.43. The molecule has 3 rings (SSSR count). The Morgan fingerprint density at radius 2 is 1.81 bits per heavy atom. The van der Waals surface area contributed by atoms with Gasteiger partial charge in [-0.1, -0.05) is 54.2 Å². The third-order valence-corrected chi connectivity index (χ3v) is 3.65. The first-order valence-corrected chi connectivity index (χ1v) is 7.29. The molecule has 0 atom stereocenters. The standard InChI is InChI=1S/C16H13N3OS/c20-15-9-5-4-8-13(15)10-17-16-19-18-14(11-21-16)12-6-2-1-3-7-12/h1-11,18,20H/b17-10+. The summed E-state index contributed by atoms with van der Waals surface area (Å²) in [6.07, 6.45) is 1.60. The predicted octanol–water partition coefficient (Wildman–Crippen LogP) is 3.42. The molecule has 0 fully saturated rings. The van der Waals surface area contributed by atoms with Gasteiger partial charge in [0.25, 0.3) is 0 Å². The van der Waals surface area contributed by atoms with Gasteiger partial charge in [0, 0.05) is 22.7 Å². The Balaban J connectivity index is 1.68. The van der Waals surface area contributed by atoms with E-state index in [4.69, 9.17) is 0 Å². The fraction of sp³-hybridized carbons (Fsp3) is 0. The summed E-state index contributed by atoms with van der Waals surface area (Å²) in [6, 6.07) is 17.0. The number of hydrazone groups is 1. The van der Waals surface area contributed by atoms with E-state index in [-0.39, 0.29) is 5.75 Å². The molecule has 1 aliphatic heterocycles. The van der Waals surface area contributed by atoms with Gasteiger partial charge in [-0.2, -0.15) is 0 Å². The second-order valence-electron chi connectivity index (χ2n) is 4.34. The van der Waals surface area contributed by atoms with Gasteiger partial charge in [-0.15, -0.1) is 5.10 Å². The van der Waals surface area contributed by atoms with Crippen LogP contribution in [-0.2, 0) is 0 Å². The van der Waals surface area contributed by atoms with Crippen molar-refractivity contribution < 1.29 is 5.11 Å². The van der Waals surface area contributed by atoms with Crippen LogP contribution in [0.4, 0.5) is 0 Å². The molecule has 0 unspecified atom stereocenters. The minimum Gasteiger partial charge on any atom is -0.507 e. The number of benzene rings is 2. The molecular formula is C16H13N3OS. The smallest absolute Gasteiger partial charge is 0.210 e. The van der Waals surface area contributed by atoms with Gasteiger partial charge >= 0.3 is 0 Å². The minimum atomic E-state index is 0.205. The number of aliphatic imine (C=N–C) groups is 1. The predicted molar refractivity (Wildman–Crippen MR) is 88.3 cm³/mol. The zero-order valence-corrected chi connectivity index (χ0v) is 11.9. The zero-order chi connectivity index (χ0) is 14.5. The highest BCUT2D eigenvalue weighted by Crippen LogP contribution is 2.22. The van der Waals surface area contributed by atoms with Crippen molar-refractivity contribution in [3.05, 3.63) is 71.1 Å². The Bertz CT molecular complexity index is 723. The van der Waals surface area contributed by atoms with Gasteiger partial charge in [0.2, 0.25) is 5.17 Å². The highest BCUT2D eigenvalue weighted by molar-refractivity contribution is 8.16. The van der Waals surface area contributed by atoms with Crippen molar-refractivity contribution in [3.8, 4) is 5.75 Å². The Morgan fingerprint density at radius 3 is 2.52 bits per heavy atom. The molecule has 2 aromatic rings. The molecule has 1 aliphatic rings. The maximum absolute atomic E-state index is 9.67. The molecule has 1 heterocycles. The van der Waals surface area contributed by atoms with E-state index in [1.165, 1.54) is 11.8 Å². The van der Waals surface area contributed by atoms with E-state index >= 15 is 0 Å². The summed E-state index contributed by atoms with van der Waals surface area (Å²) < 4.78 is 0. The maximum atomic E-state index is 9.67. The number of phenols is 1. The van der Waals surface area contributed by atoms with Crippen molar-refractivity contribution in [2.45, 2.75) is 0 Å². The van der Waals surface area contributed by atoms with Crippen LogP contribution < -0.4 is 5.43 Å². The average Bonchev–Trinajstić information content (AvgIpc) is 2.55. The van der Waals surface area contributed by atoms with E-state index in [0.29, 0.717) is 10.7 Å². The molecule has 0 spiro atoms. The monoisotopic (exact) mass is 295 g/mol. The van der Waals surface area contributed by atoms with Gasteiger partial charge in [0.05, 0.1) is 5.70 Å². The van der Waals surface area contributed by atoms with E-state index in [1.807, 2.05) is 41.8 Å². The quantitative estimate of drug-likeness (QED) is 0.835. The number of hydrogen-bond donors (Lipinski definition) is 2. The second kappa shape index (κ2) is 6.28. The fourth-order valence-electron chi connectivity index (χ4n) is 1.80. The lowest BCUT2D eigenvalue weighted by Crippen LogP contribution is -2.10. The number of hydrogen-bond acceptors (Lipinski definition) is 5. The first-order chi connectivity index (χ1) is 10.3. The molecule has 4 nitrogen and oxygen atoms in total. The van der Waals surface area contributed by atoms with E-state index in [2.05, 4.69) is 15.5 Å². The first-order valence-electron chi connectivity index (χ1n) is 6.41. The van der Waals surface area contributed by atoms with Crippen LogP contribution in [-0.4, -0.2) is 16.5 Å². The third-order valence-electron chi connectivity index (χ3n) is 2.89. The number of aromatic hydroxyl groups is 1. The van der Waals surface area contributed by atoms with Gasteiger partial charge in [-0.05, 0) is 12.1 Å². The van der Waals surface area contributed by atoms with Crippen LogP contribution in [0.25, 0.3) is 5.70 Å². The van der Waals surface area contributed by atoms with Gasteiger partial charge < -0.3 is 5.11 Å². The largest absolute Gasteiger partial charge is 0.507 e. The molecule has 0 aliphatic carbocycles. The van der Waals surface area contributed by atoms with Crippen molar-refractivity contribution in [2.75, 3.05) is 0 Å². The molecule has 0 saturated heterocycles. The van der Waals surface area contributed by atoms with Gasteiger partial charge in [0.1, 0.15) is 5.75 Å². The van der Waals surface area contributed by atoms with Crippen LogP contribution in [0.3, 0.4) is 0 Å². The SMILES string of the molecule is Oc1ccccc1/C=N/C1=NNC(c2ccccc2)=CS1.